The number of halogens is 1. The maximum absolute atomic E-state index is 11.8. The zero-order valence-electron chi connectivity index (χ0n) is 11.8. The van der Waals surface area contributed by atoms with Crippen LogP contribution >= 0.6 is 22.9 Å². The van der Waals surface area contributed by atoms with Crippen LogP contribution in [0.5, 0.6) is 0 Å². The van der Waals surface area contributed by atoms with Crippen molar-refractivity contribution in [2.24, 2.45) is 0 Å². The lowest BCUT2D eigenvalue weighted by atomic mass is 10.1. The molecule has 2 atom stereocenters. The van der Waals surface area contributed by atoms with Gasteiger partial charge in [-0.15, -0.1) is 11.3 Å². The van der Waals surface area contributed by atoms with Gasteiger partial charge in [-0.2, -0.15) is 0 Å². The fourth-order valence-electron chi connectivity index (χ4n) is 3.08. The van der Waals surface area contributed by atoms with E-state index in [9.17, 15) is 8.42 Å². The van der Waals surface area contributed by atoms with E-state index in [2.05, 4.69) is 4.90 Å². The Bertz CT molecular complexity index is 581. The van der Waals surface area contributed by atoms with E-state index < -0.39 is 9.84 Å². The second-order valence-corrected chi connectivity index (χ2v) is 9.45. The molecule has 0 amide bonds. The minimum Gasteiger partial charge on any atom is -0.377 e. The van der Waals surface area contributed by atoms with Gasteiger partial charge in [0.05, 0.1) is 22.6 Å². The molecule has 2 aliphatic rings. The summed E-state index contributed by atoms with van der Waals surface area (Å²) in [4.78, 5) is 3.37. The predicted octanol–water partition coefficient (Wildman–Crippen LogP) is 2.57. The molecule has 0 spiro atoms. The molecule has 2 aliphatic heterocycles. The van der Waals surface area contributed by atoms with Crippen molar-refractivity contribution in [1.82, 2.24) is 4.90 Å². The van der Waals surface area contributed by atoms with Crippen molar-refractivity contribution >= 4 is 32.8 Å². The number of sulfone groups is 1. The number of nitrogens with zero attached hydrogens (tertiary/aromatic N) is 1. The maximum atomic E-state index is 11.8. The fraction of sp³-hybridized carbons (Fsp3) is 0.714. The van der Waals surface area contributed by atoms with Crippen molar-refractivity contribution in [3.8, 4) is 0 Å². The van der Waals surface area contributed by atoms with E-state index in [-0.39, 0.29) is 17.9 Å². The summed E-state index contributed by atoms with van der Waals surface area (Å²) in [5.74, 6) is 0.570. The van der Waals surface area contributed by atoms with E-state index in [0.717, 1.165) is 48.9 Å². The Balaban J connectivity index is 1.72. The summed E-state index contributed by atoms with van der Waals surface area (Å²) in [6.07, 6.45) is 3.11. The van der Waals surface area contributed by atoms with Crippen LogP contribution in [-0.2, 0) is 21.1 Å². The van der Waals surface area contributed by atoms with Crippen molar-refractivity contribution in [3.05, 3.63) is 21.3 Å². The molecule has 21 heavy (non-hydrogen) atoms. The van der Waals surface area contributed by atoms with Crippen molar-refractivity contribution in [1.29, 1.82) is 0 Å². The third-order valence-electron chi connectivity index (χ3n) is 4.22. The monoisotopic (exact) mass is 349 g/mol. The van der Waals surface area contributed by atoms with Gasteiger partial charge in [-0.3, -0.25) is 4.90 Å². The standard InChI is InChI=1S/C14H20ClNO3S2/c15-13-3-6-20-14(13)9-16(8-12-2-1-5-19-12)11-4-7-21(17,18)10-11/h3,6,11-12H,1-2,4-5,7-10H2/t11-,12+/m1/s1. The van der Waals surface area contributed by atoms with Gasteiger partial charge in [0.25, 0.3) is 0 Å². The molecule has 0 radical (unpaired) electrons. The Morgan fingerprint density at radius 1 is 1.43 bits per heavy atom. The number of hydrogen-bond donors (Lipinski definition) is 0. The second-order valence-electron chi connectivity index (χ2n) is 5.81. The Morgan fingerprint density at radius 3 is 2.86 bits per heavy atom. The second kappa shape index (κ2) is 6.54. The summed E-state index contributed by atoms with van der Waals surface area (Å²) >= 11 is 7.83. The molecule has 3 rings (SSSR count). The highest BCUT2D eigenvalue weighted by atomic mass is 35.5. The Kier molecular flexibility index (Phi) is 4.90. The number of thiophene rings is 1. The quantitative estimate of drug-likeness (QED) is 0.819. The van der Waals surface area contributed by atoms with Gasteiger partial charge in [-0.25, -0.2) is 8.42 Å². The van der Waals surface area contributed by atoms with Crippen LogP contribution in [0.25, 0.3) is 0 Å². The summed E-state index contributed by atoms with van der Waals surface area (Å²) in [6, 6.07) is 1.99. The number of hydrogen-bond acceptors (Lipinski definition) is 5. The third-order valence-corrected chi connectivity index (χ3v) is 7.35. The third kappa shape index (κ3) is 3.99. The molecule has 4 nitrogen and oxygen atoms in total. The Hall–Kier alpha value is -0.140. The van der Waals surface area contributed by atoms with Gasteiger partial charge in [0, 0.05) is 30.6 Å². The van der Waals surface area contributed by atoms with Crippen LogP contribution in [0.15, 0.2) is 11.4 Å². The fourth-order valence-corrected chi connectivity index (χ4v) is 5.96. The molecule has 2 fully saturated rings. The van der Waals surface area contributed by atoms with Gasteiger partial charge in [-0.05, 0) is 30.7 Å². The number of ether oxygens (including phenoxy) is 1. The van der Waals surface area contributed by atoms with E-state index in [0.29, 0.717) is 5.75 Å². The molecule has 0 unspecified atom stereocenters. The Labute approximate surface area is 135 Å². The van der Waals surface area contributed by atoms with Crippen molar-refractivity contribution < 1.29 is 13.2 Å². The molecule has 1 aromatic heterocycles. The first-order chi connectivity index (χ1) is 10.0. The molecular formula is C14H20ClNO3S2. The molecule has 3 heterocycles. The normalized spacial score (nSPS) is 28.5. The van der Waals surface area contributed by atoms with Crippen molar-refractivity contribution in [3.63, 3.8) is 0 Å². The van der Waals surface area contributed by atoms with Crippen LogP contribution in [0.2, 0.25) is 5.02 Å². The van der Waals surface area contributed by atoms with Gasteiger partial charge < -0.3 is 4.74 Å². The summed E-state index contributed by atoms with van der Waals surface area (Å²) < 4.78 is 29.3. The smallest absolute Gasteiger partial charge is 0.151 e. The largest absolute Gasteiger partial charge is 0.377 e. The van der Waals surface area contributed by atoms with Crippen LogP contribution in [0, 0.1) is 0 Å². The maximum Gasteiger partial charge on any atom is 0.151 e. The van der Waals surface area contributed by atoms with Gasteiger partial charge in [0.1, 0.15) is 0 Å². The zero-order chi connectivity index (χ0) is 14.9. The van der Waals surface area contributed by atoms with E-state index in [4.69, 9.17) is 16.3 Å². The zero-order valence-corrected chi connectivity index (χ0v) is 14.2. The van der Waals surface area contributed by atoms with E-state index >= 15 is 0 Å². The number of rotatable bonds is 5. The molecule has 0 bridgehead atoms. The highest BCUT2D eigenvalue weighted by Gasteiger charge is 2.34. The van der Waals surface area contributed by atoms with Crippen molar-refractivity contribution in [2.45, 2.75) is 38.0 Å². The molecule has 118 valence electrons. The lowest BCUT2D eigenvalue weighted by Gasteiger charge is -2.30. The molecule has 0 aromatic carbocycles. The average Bonchev–Trinajstić information content (AvgIpc) is 3.12. The minimum atomic E-state index is -2.88. The topological polar surface area (TPSA) is 46.6 Å². The summed E-state index contributed by atoms with van der Waals surface area (Å²) in [7, 11) is -2.88. The molecule has 1 aromatic rings. The van der Waals surface area contributed by atoms with E-state index in [1.165, 1.54) is 0 Å². The van der Waals surface area contributed by atoms with Crippen LogP contribution in [0.3, 0.4) is 0 Å². The van der Waals surface area contributed by atoms with Crippen LogP contribution < -0.4 is 0 Å². The first-order valence-electron chi connectivity index (χ1n) is 7.31. The van der Waals surface area contributed by atoms with Gasteiger partial charge >= 0.3 is 0 Å². The lowest BCUT2D eigenvalue weighted by Crippen LogP contribution is -2.40. The van der Waals surface area contributed by atoms with E-state index in [1.54, 1.807) is 11.3 Å². The van der Waals surface area contributed by atoms with Gasteiger partial charge in [0.2, 0.25) is 0 Å². The van der Waals surface area contributed by atoms with Crippen LogP contribution in [-0.4, -0.2) is 50.1 Å². The molecular weight excluding hydrogens is 330 g/mol. The van der Waals surface area contributed by atoms with Crippen LogP contribution in [0.1, 0.15) is 24.1 Å². The minimum absolute atomic E-state index is 0.0948. The van der Waals surface area contributed by atoms with Crippen molar-refractivity contribution in [2.75, 3.05) is 24.7 Å². The summed E-state index contributed by atoms with van der Waals surface area (Å²) in [6.45, 7) is 2.34. The van der Waals surface area contributed by atoms with Gasteiger partial charge in [-0.1, -0.05) is 11.6 Å². The highest BCUT2D eigenvalue weighted by molar-refractivity contribution is 7.91. The van der Waals surface area contributed by atoms with Gasteiger partial charge in [0.15, 0.2) is 9.84 Å². The Morgan fingerprint density at radius 2 is 2.29 bits per heavy atom. The molecule has 0 aliphatic carbocycles. The summed E-state index contributed by atoms with van der Waals surface area (Å²) in [5.41, 5.74) is 0. The lowest BCUT2D eigenvalue weighted by molar-refractivity contribution is 0.0579. The average molecular weight is 350 g/mol. The molecule has 0 N–H and O–H groups in total. The first kappa shape index (κ1) is 15.7. The summed E-state index contributed by atoms with van der Waals surface area (Å²) in [5, 5.41) is 2.76. The highest BCUT2D eigenvalue weighted by Crippen LogP contribution is 2.28. The predicted molar refractivity (Wildman–Crippen MR) is 85.8 cm³/mol. The molecule has 2 saturated heterocycles. The first-order valence-corrected chi connectivity index (χ1v) is 10.4. The molecule has 0 saturated carbocycles. The SMILES string of the molecule is O=S1(=O)CC[C@@H](N(Cc2sccc2Cl)C[C@@H]2CCCO2)C1. The molecule has 7 heteroatoms. The van der Waals surface area contributed by atoms with E-state index in [1.807, 2.05) is 11.4 Å². The van der Waals surface area contributed by atoms with Crippen LogP contribution in [0.4, 0.5) is 0 Å².